The Labute approximate surface area is 203 Å². The van der Waals surface area contributed by atoms with Gasteiger partial charge in [0, 0.05) is 43.3 Å². The first-order valence-corrected chi connectivity index (χ1v) is 9.74. The number of nitrogens with zero attached hydrogens (tertiary/aromatic N) is 2. The molecular formula is C21H26ClF2IN4O2. The molecule has 0 aromatic heterocycles. The van der Waals surface area contributed by atoms with Crippen molar-refractivity contribution in [3.05, 3.63) is 64.2 Å². The molecule has 2 aromatic rings. The number of halogens is 4. The predicted molar refractivity (Wildman–Crippen MR) is 130 cm³/mol. The molecule has 0 saturated carbocycles. The van der Waals surface area contributed by atoms with E-state index < -0.39 is 6.61 Å². The van der Waals surface area contributed by atoms with Gasteiger partial charge in [0.1, 0.15) is 5.75 Å². The van der Waals surface area contributed by atoms with Crippen molar-refractivity contribution in [2.45, 2.75) is 26.6 Å². The van der Waals surface area contributed by atoms with E-state index in [2.05, 4.69) is 20.4 Å². The second-order valence-corrected chi connectivity index (χ2v) is 7.01. The maximum absolute atomic E-state index is 12.6. The number of hydrogen-bond acceptors (Lipinski definition) is 3. The van der Waals surface area contributed by atoms with Crippen molar-refractivity contribution in [2.24, 2.45) is 4.99 Å². The molecule has 0 aliphatic heterocycles. The van der Waals surface area contributed by atoms with E-state index in [4.69, 9.17) is 11.6 Å². The number of guanidine groups is 1. The van der Waals surface area contributed by atoms with Gasteiger partial charge < -0.3 is 20.3 Å². The molecule has 0 unspecified atom stereocenters. The number of carbonyl (C=O) groups is 1. The van der Waals surface area contributed by atoms with Gasteiger partial charge in [-0.1, -0.05) is 23.7 Å². The number of alkyl halides is 2. The number of nitrogens with one attached hydrogen (secondary N) is 2. The fourth-order valence-electron chi connectivity index (χ4n) is 2.60. The smallest absolute Gasteiger partial charge is 0.387 e. The lowest BCUT2D eigenvalue weighted by molar-refractivity contribution is -0.0504. The number of amides is 1. The van der Waals surface area contributed by atoms with Crippen molar-refractivity contribution >= 4 is 47.4 Å². The molecule has 0 aliphatic rings. The molecule has 10 heteroatoms. The number of rotatable bonds is 8. The molecule has 0 bridgehead atoms. The summed E-state index contributed by atoms with van der Waals surface area (Å²) >= 11 is 5.98. The molecule has 6 nitrogen and oxygen atoms in total. The summed E-state index contributed by atoms with van der Waals surface area (Å²) in [7, 11) is 3.40. The summed E-state index contributed by atoms with van der Waals surface area (Å²) < 4.78 is 29.8. The summed E-state index contributed by atoms with van der Waals surface area (Å²) in [5.74, 6) is 0.496. The molecule has 0 spiro atoms. The van der Waals surface area contributed by atoms with E-state index in [1.807, 2.05) is 19.1 Å². The van der Waals surface area contributed by atoms with Gasteiger partial charge in [-0.25, -0.2) is 4.99 Å². The summed E-state index contributed by atoms with van der Waals surface area (Å²) in [6.45, 7) is 0.197. The normalized spacial score (nSPS) is 11.0. The highest BCUT2D eigenvalue weighted by atomic mass is 127. The van der Waals surface area contributed by atoms with Gasteiger partial charge in [0.15, 0.2) is 5.96 Å². The SMILES string of the molecule is CCNC(=NCc1ccc(C(=O)N(C)C)cc1)NCc1cc(Cl)ccc1OC(F)F.I. The van der Waals surface area contributed by atoms with Crippen molar-refractivity contribution in [2.75, 3.05) is 20.6 Å². The van der Waals surface area contributed by atoms with Gasteiger partial charge in [-0.15, -0.1) is 24.0 Å². The van der Waals surface area contributed by atoms with Crippen LogP contribution in [0.2, 0.25) is 5.02 Å². The van der Waals surface area contributed by atoms with Crippen LogP contribution in [0.25, 0.3) is 0 Å². The van der Waals surface area contributed by atoms with Crippen molar-refractivity contribution in [1.29, 1.82) is 0 Å². The summed E-state index contributed by atoms with van der Waals surface area (Å²) in [6.07, 6.45) is 0. The van der Waals surface area contributed by atoms with Gasteiger partial charge in [-0.3, -0.25) is 4.79 Å². The fourth-order valence-corrected chi connectivity index (χ4v) is 2.79. The minimum absolute atomic E-state index is 0. The topological polar surface area (TPSA) is 66.0 Å². The van der Waals surface area contributed by atoms with Crippen LogP contribution in [-0.4, -0.2) is 44.0 Å². The highest BCUT2D eigenvalue weighted by molar-refractivity contribution is 14.0. The van der Waals surface area contributed by atoms with Crippen molar-refractivity contribution in [3.63, 3.8) is 0 Å². The molecule has 0 saturated heterocycles. The third kappa shape index (κ3) is 8.86. The van der Waals surface area contributed by atoms with E-state index in [-0.39, 0.29) is 42.2 Å². The summed E-state index contributed by atoms with van der Waals surface area (Å²) in [5, 5.41) is 6.61. The van der Waals surface area contributed by atoms with Gasteiger partial charge in [-0.05, 0) is 42.8 Å². The van der Waals surface area contributed by atoms with Crippen LogP contribution >= 0.6 is 35.6 Å². The second-order valence-electron chi connectivity index (χ2n) is 6.58. The third-order valence-corrected chi connectivity index (χ3v) is 4.29. The predicted octanol–water partition coefficient (Wildman–Crippen LogP) is 4.52. The summed E-state index contributed by atoms with van der Waals surface area (Å²) in [6, 6.07) is 11.7. The van der Waals surface area contributed by atoms with Gasteiger partial charge in [0.2, 0.25) is 0 Å². The van der Waals surface area contributed by atoms with Crippen molar-refractivity contribution in [3.8, 4) is 5.75 Å². The minimum atomic E-state index is -2.92. The molecule has 2 rings (SSSR count). The molecule has 0 fully saturated rings. The molecule has 1 amide bonds. The maximum Gasteiger partial charge on any atom is 0.387 e. The van der Waals surface area contributed by atoms with Gasteiger partial charge in [0.05, 0.1) is 6.54 Å². The quantitative estimate of drug-likeness (QED) is 0.280. The first kappa shape index (κ1) is 26.9. The molecule has 170 valence electrons. The van der Waals surface area contributed by atoms with Crippen molar-refractivity contribution in [1.82, 2.24) is 15.5 Å². The Hall–Kier alpha value is -2.14. The first-order chi connectivity index (χ1) is 14.3. The molecule has 0 heterocycles. The Morgan fingerprint density at radius 1 is 1.16 bits per heavy atom. The first-order valence-electron chi connectivity index (χ1n) is 9.36. The average Bonchev–Trinajstić information content (AvgIpc) is 2.71. The monoisotopic (exact) mass is 566 g/mol. The van der Waals surface area contributed by atoms with E-state index in [0.717, 1.165) is 5.56 Å². The standard InChI is InChI=1S/C21H25ClF2N4O2.HI/c1-4-25-21(26-12-14-5-7-15(8-6-14)19(29)28(2)3)27-13-16-11-17(22)9-10-18(16)30-20(23)24;/h5-11,20H,4,12-13H2,1-3H3,(H2,25,26,27);1H. The van der Waals surface area contributed by atoms with Crippen LogP contribution < -0.4 is 15.4 Å². The molecule has 0 aliphatic carbocycles. The van der Waals surface area contributed by atoms with E-state index in [1.54, 1.807) is 32.3 Å². The Morgan fingerprint density at radius 2 is 1.84 bits per heavy atom. The van der Waals surface area contributed by atoms with Crippen LogP contribution in [0.5, 0.6) is 5.75 Å². The van der Waals surface area contributed by atoms with Crippen LogP contribution in [0.1, 0.15) is 28.4 Å². The highest BCUT2D eigenvalue weighted by Gasteiger charge is 2.11. The second kappa shape index (κ2) is 13.3. The molecule has 31 heavy (non-hydrogen) atoms. The average molecular weight is 567 g/mol. The van der Waals surface area contributed by atoms with Crippen LogP contribution in [-0.2, 0) is 13.1 Å². The fraction of sp³-hybridized carbons (Fsp3) is 0.333. The van der Waals surface area contributed by atoms with Gasteiger partial charge >= 0.3 is 6.61 Å². The van der Waals surface area contributed by atoms with Crippen LogP contribution in [0, 0.1) is 0 Å². The number of aliphatic imine (C=N–C) groups is 1. The van der Waals surface area contributed by atoms with E-state index in [0.29, 0.717) is 35.2 Å². The largest absolute Gasteiger partial charge is 0.434 e. The van der Waals surface area contributed by atoms with E-state index in [1.165, 1.54) is 17.0 Å². The lowest BCUT2D eigenvalue weighted by atomic mass is 10.1. The minimum Gasteiger partial charge on any atom is -0.434 e. The van der Waals surface area contributed by atoms with Crippen LogP contribution in [0.3, 0.4) is 0 Å². The Balaban J connectivity index is 0.00000480. The zero-order valence-corrected chi connectivity index (χ0v) is 20.6. The maximum atomic E-state index is 12.6. The molecule has 2 aromatic carbocycles. The summed E-state index contributed by atoms with van der Waals surface area (Å²) in [4.78, 5) is 18.0. The Morgan fingerprint density at radius 3 is 2.42 bits per heavy atom. The molecular weight excluding hydrogens is 541 g/mol. The van der Waals surface area contributed by atoms with Crippen molar-refractivity contribution < 1.29 is 18.3 Å². The molecule has 0 radical (unpaired) electrons. The number of ether oxygens (including phenoxy) is 1. The molecule has 0 atom stereocenters. The highest BCUT2D eigenvalue weighted by Crippen LogP contribution is 2.24. The number of hydrogen-bond donors (Lipinski definition) is 2. The van der Waals surface area contributed by atoms with Gasteiger partial charge in [0.25, 0.3) is 5.91 Å². The Kier molecular flexibility index (Phi) is 11.5. The van der Waals surface area contributed by atoms with E-state index >= 15 is 0 Å². The summed E-state index contributed by atoms with van der Waals surface area (Å²) in [5.41, 5.74) is 2.01. The lowest BCUT2D eigenvalue weighted by Crippen LogP contribution is -2.36. The number of carbonyl (C=O) groups excluding carboxylic acids is 1. The van der Waals surface area contributed by atoms with Gasteiger partial charge in [-0.2, -0.15) is 8.78 Å². The molecule has 2 N–H and O–H groups in total. The third-order valence-electron chi connectivity index (χ3n) is 4.06. The van der Waals surface area contributed by atoms with Crippen LogP contribution in [0.4, 0.5) is 8.78 Å². The van der Waals surface area contributed by atoms with E-state index in [9.17, 15) is 13.6 Å². The lowest BCUT2D eigenvalue weighted by Gasteiger charge is -2.15. The van der Waals surface area contributed by atoms with Crippen LogP contribution in [0.15, 0.2) is 47.5 Å². The Bertz CT molecular complexity index is 880. The zero-order valence-electron chi connectivity index (χ0n) is 17.5. The number of benzene rings is 2. The zero-order chi connectivity index (χ0) is 22.1.